The average Bonchev–Trinajstić information content (AvgIpc) is 3.00. The number of benzene rings is 1. The molecule has 0 aliphatic carbocycles. The number of hydrogen-bond acceptors (Lipinski definition) is 4. The number of alkyl halides is 3. The predicted octanol–water partition coefficient (Wildman–Crippen LogP) is 2.52. The van der Waals surface area contributed by atoms with Crippen molar-refractivity contribution in [2.45, 2.75) is 6.36 Å². The van der Waals surface area contributed by atoms with Crippen LogP contribution in [0.1, 0.15) is 0 Å². The molecule has 0 unspecified atom stereocenters. The van der Waals surface area contributed by atoms with Crippen LogP contribution in [0.5, 0.6) is 5.75 Å². The van der Waals surface area contributed by atoms with Crippen molar-refractivity contribution in [3.63, 3.8) is 0 Å². The van der Waals surface area contributed by atoms with Gasteiger partial charge in [-0.05, 0) is 18.2 Å². The van der Waals surface area contributed by atoms with Crippen LogP contribution in [0.15, 0.2) is 53.6 Å². The number of rotatable bonds is 3. The molecule has 0 atom stereocenters. The molecule has 23 heavy (non-hydrogen) atoms. The normalized spacial score (nSPS) is 11.4. The minimum atomic E-state index is -4.78. The molecule has 3 aromatic rings. The molecule has 2 heterocycles. The maximum Gasteiger partial charge on any atom is 0.573 e. The fourth-order valence-electron chi connectivity index (χ4n) is 1.95. The van der Waals surface area contributed by atoms with E-state index in [4.69, 9.17) is 0 Å². The van der Waals surface area contributed by atoms with Crippen LogP contribution < -0.4 is 10.2 Å². The van der Waals surface area contributed by atoms with Gasteiger partial charge in [-0.1, -0.05) is 6.07 Å². The minimum absolute atomic E-state index is 0.104. The summed E-state index contributed by atoms with van der Waals surface area (Å²) < 4.78 is 42.0. The number of hydrogen-bond donors (Lipinski definition) is 1. The molecule has 118 valence electrons. The largest absolute Gasteiger partial charge is 0.573 e. The molecule has 0 radical (unpaired) electrons. The van der Waals surface area contributed by atoms with Gasteiger partial charge in [0.15, 0.2) is 5.69 Å². The Labute approximate surface area is 127 Å². The van der Waals surface area contributed by atoms with Crippen molar-refractivity contribution in [3.8, 4) is 22.8 Å². The monoisotopic (exact) mass is 322 g/mol. The zero-order valence-electron chi connectivity index (χ0n) is 11.4. The zero-order chi connectivity index (χ0) is 16.4. The zero-order valence-corrected chi connectivity index (χ0v) is 11.4. The first-order chi connectivity index (χ1) is 10.9. The third-order valence-electron chi connectivity index (χ3n) is 2.88. The highest BCUT2D eigenvalue weighted by Crippen LogP contribution is 2.24. The third kappa shape index (κ3) is 3.39. The second-order valence-electron chi connectivity index (χ2n) is 4.49. The summed E-state index contributed by atoms with van der Waals surface area (Å²) in [4.78, 5) is 11.9. The lowest BCUT2D eigenvalue weighted by molar-refractivity contribution is -0.274. The average molecular weight is 322 g/mol. The molecule has 0 bridgehead atoms. The SMILES string of the molecule is O=c1ccn(-c2cccc(OC(F)(F)F)c2)nc1-c1ccn[nH]1. The van der Waals surface area contributed by atoms with E-state index in [1.54, 1.807) is 6.07 Å². The van der Waals surface area contributed by atoms with E-state index < -0.39 is 6.36 Å². The third-order valence-corrected chi connectivity index (χ3v) is 2.88. The number of ether oxygens (including phenoxy) is 1. The summed E-state index contributed by atoms with van der Waals surface area (Å²) in [5, 5.41) is 10.5. The van der Waals surface area contributed by atoms with Gasteiger partial charge in [0, 0.05) is 24.5 Å². The molecule has 0 saturated carbocycles. The van der Waals surface area contributed by atoms with Gasteiger partial charge in [-0.15, -0.1) is 13.2 Å². The number of nitrogens with one attached hydrogen (secondary N) is 1. The van der Waals surface area contributed by atoms with Crippen LogP contribution in [-0.4, -0.2) is 26.3 Å². The van der Waals surface area contributed by atoms with Gasteiger partial charge in [-0.2, -0.15) is 10.2 Å². The molecular formula is C14H9F3N4O2. The van der Waals surface area contributed by atoms with Crippen LogP contribution in [0.4, 0.5) is 13.2 Å². The Morgan fingerprint density at radius 3 is 2.70 bits per heavy atom. The molecule has 0 fully saturated rings. The van der Waals surface area contributed by atoms with E-state index in [1.165, 1.54) is 47.4 Å². The molecular weight excluding hydrogens is 313 g/mol. The molecule has 3 rings (SSSR count). The number of aromatic nitrogens is 4. The van der Waals surface area contributed by atoms with Crippen molar-refractivity contribution in [2.24, 2.45) is 0 Å². The molecule has 1 aromatic carbocycles. The van der Waals surface area contributed by atoms with E-state index in [-0.39, 0.29) is 16.9 Å². The van der Waals surface area contributed by atoms with Crippen LogP contribution in [0.3, 0.4) is 0 Å². The molecule has 0 spiro atoms. The molecule has 2 aromatic heterocycles. The van der Waals surface area contributed by atoms with Gasteiger partial charge in [0.1, 0.15) is 5.75 Å². The Balaban J connectivity index is 2.01. The number of halogens is 3. The Kier molecular flexibility index (Phi) is 3.61. The summed E-state index contributed by atoms with van der Waals surface area (Å²) in [5.74, 6) is -0.376. The lowest BCUT2D eigenvalue weighted by atomic mass is 10.2. The second kappa shape index (κ2) is 5.59. The highest BCUT2D eigenvalue weighted by Gasteiger charge is 2.31. The van der Waals surface area contributed by atoms with Gasteiger partial charge in [0.05, 0.1) is 11.4 Å². The van der Waals surface area contributed by atoms with Gasteiger partial charge in [0.2, 0.25) is 5.43 Å². The number of nitrogens with zero attached hydrogens (tertiary/aromatic N) is 3. The van der Waals surface area contributed by atoms with Crippen LogP contribution in [0, 0.1) is 0 Å². The Morgan fingerprint density at radius 2 is 2.00 bits per heavy atom. The van der Waals surface area contributed by atoms with Crippen molar-refractivity contribution in [2.75, 3.05) is 0 Å². The van der Waals surface area contributed by atoms with Crippen LogP contribution in [-0.2, 0) is 0 Å². The van der Waals surface area contributed by atoms with Crippen LogP contribution in [0.2, 0.25) is 0 Å². The number of aromatic amines is 1. The number of H-pyrrole nitrogens is 1. The summed E-state index contributed by atoms with van der Waals surface area (Å²) >= 11 is 0. The summed E-state index contributed by atoms with van der Waals surface area (Å²) in [6.45, 7) is 0. The topological polar surface area (TPSA) is 72.8 Å². The highest BCUT2D eigenvalue weighted by atomic mass is 19.4. The standard InChI is InChI=1S/C14H9F3N4O2/c15-14(16,17)23-10-3-1-2-9(8-10)21-7-5-12(22)13(20-21)11-4-6-18-19-11/h1-8H,(H,18,19). The highest BCUT2D eigenvalue weighted by molar-refractivity contribution is 5.52. The quantitative estimate of drug-likeness (QED) is 0.804. The first-order valence-electron chi connectivity index (χ1n) is 6.38. The predicted molar refractivity (Wildman–Crippen MR) is 74.1 cm³/mol. The van der Waals surface area contributed by atoms with Gasteiger partial charge in [-0.25, -0.2) is 4.68 Å². The van der Waals surface area contributed by atoms with Crippen LogP contribution >= 0.6 is 0 Å². The Bertz CT molecular complexity index is 872. The minimum Gasteiger partial charge on any atom is -0.406 e. The van der Waals surface area contributed by atoms with Crippen molar-refractivity contribution in [3.05, 3.63) is 59.0 Å². The Hall–Kier alpha value is -3.10. The van der Waals surface area contributed by atoms with Crippen LogP contribution in [0.25, 0.3) is 17.1 Å². The molecule has 6 nitrogen and oxygen atoms in total. The molecule has 0 aliphatic rings. The lowest BCUT2D eigenvalue weighted by Gasteiger charge is -2.11. The maximum absolute atomic E-state index is 12.3. The van der Waals surface area contributed by atoms with E-state index >= 15 is 0 Å². The summed E-state index contributed by atoms with van der Waals surface area (Å²) in [6, 6.07) is 8.11. The molecule has 9 heteroatoms. The lowest BCUT2D eigenvalue weighted by Crippen LogP contribution is -2.17. The van der Waals surface area contributed by atoms with E-state index in [0.717, 1.165) is 0 Å². The van der Waals surface area contributed by atoms with Crippen molar-refractivity contribution >= 4 is 0 Å². The van der Waals surface area contributed by atoms with Crippen molar-refractivity contribution < 1.29 is 17.9 Å². The van der Waals surface area contributed by atoms with E-state index in [1.807, 2.05) is 0 Å². The van der Waals surface area contributed by atoms with E-state index in [2.05, 4.69) is 20.0 Å². The van der Waals surface area contributed by atoms with E-state index in [0.29, 0.717) is 11.4 Å². The summed E-state index contributed by atoms with van der Waals surface area (Å²) in [7, 11) is 0. The summed E-state index contributed by atoms with van der Waals surface area (Å²) in [6.07, 6.45) is -1.96. The second-order valence-corrected chi connectivity index (χ2v) is 4.49. The molecule has 1 N–H and O–H groups in total. The first kappa shape index (κ1) is 14.8. The fraction of sp³-hybridized carbons (Fsp3) is 0.0714. The maximum atomic E-state index is 12.3. The Morgan fingerprint density at radius 1 is 1.17 bits per heavy atom. The fourth-order valence-corrected chi connectivity index (χ4v) is 1.95. The smallest absolute Gasteiger partial charge is 0.406 e. The van der Waals surface area contributed by atoms with Gasteiger partial charge in [-0.3, -0.25) is 9.89 Å². The van der Waals surface area contributed by atoms with Gasteiger partial charge in [0.25, 0.3) is 0 Å². The molecule has 0 aliphatic heterocycles. The van der Waals surface area contributed by atoms with E-state index in [9.17, 15) is 18.0 Å². The van der Waals surface area contributed by atoms with Gasteiger partial charge < -0.3 is 4.74 Å². The molecule has 0 amide bonds. The van der Waals surface area contributed by atoms with Crippen molar-refractivity contribution in [1.29, 1.82) is 0 Å². The van der Waals surface area contributed by atoms with Crippen molar-refractivity contribution in [1.82, 2.24) is 20.0 Å². The van der Waals surface area contributed by atoms with Gasteiger partial charge >= 0.3 is 6.36 Å². The first-order valence-corrected chi connectivity index (χ1v) is 6.38. The molecule has 0 saturated heterocycles. The summed E-state index contributed by atoms with van der Waals surface area (Å²) in [5.41, 5.74) is 0.486.